The second-order valence-corrected chi connectivity index (χ2v) is 9.71. The number of hydrogen-bond donors (Lipinski definition) is 5. The highest BCUT2D eigenvalue weighted by Gasteiger charge is 2.54. The summed E-state index contributed by atoms with van der Waals surface area (Å²) in [6, 6.07) is 2.41. The number of anilines is 1. The molecule has 1 unspecified atom stereocenters. The lowest BCUT2D eigenvalue weighted by Gasteiger charge is -2.49. The lowest BCUT2D eigenvalue weighted by atomic mass is 10.0. The Bertz CT molecular complexity index is 1440. The summed E-state index contributed by atoms with van der Waals surface area (Å²) in [5.41, 5.74) is 5.30. The first-order valence-electron chi connectivity index (χ1n) is 10.9. The van der Waals surface area contributed by atoms with Crippen LogP contribution in [0.2, 0.25) is 0 Å². The molecule has 4 rings (SSSR count). The van der Waals surface area contributed by atoms with Crippen molar-refractivity contribution in [3.05, 3.63) is 53.0 Å². The number of aromatic nitrogens is 2. The van der Waals surface area contributed by atoms with Crippen molar-refractivity contribution in [2.75, 3.05) is 25.2 Å². The molecule has 1 aromatic heterocycles. The van der Waals surface area contributed by atoms with Crippen molar-refractivity contribution >= 4 is 57.9 Å². The molecule has 39 heavy (non-hydrogen) atoms. The molecular weight excluding hydrogens is 556 g/mol. The summed E-state index contributed by atoms with van der Waals surface area (Å²) in [5, 5.41) is 34.2. The number of carbonyl (C=O) groups is 4. The quantitative estimate of drug-likeness (QED) is 0.0874. The fourth-order valence-electron chi connectivity index (χ4n) is 3.64. The maximum absolute atomic E-state index is 12.9. The molecule has 2 aromatic rings. The van der Waals surface area contributed by atoms with E-state index in [0.29, 0.717) is 5.57 Å². The van der Waals surface area contributed by atoms with Gasteiger partial charge in [0.1, 0.15) is 30.8 Å². The smallest absolute Gasteiger partial charge is 0.352 e. The predicted octanol–water partition coefficient (Wildman–Crippen LogP) is 0.0338. The number of amides is 2. The molecule has 0 saturated carbocycles. The van der Waals surface area contributed by atoms with Crippen LogP contribution in [-0.2, 0) is 24.0 Å². The Morgan fingerprint density at radius 3 is 2.72 bits per heavy atom. The molecule has 1 aromatic carbocycles. The summed E-state index contributed by atoms with van der Waals surface area (Å²) in [5.74, 6) is -4.35. The van der Waals surface area contributed by atoms with Crippen LogP contribution in [0.4, 0.5) is 5.13 Å². The van der Waals surface area contributed by atoms with E-state index in [1.807, 2.05) is 0 Å². The number of thioether (sulfide) groups is 1. The molecule has 2 atom stereocenters. The third kappa shape index (κ3) is 5.63. The molecule has 2 amide bonds. The van der Waals surface area contributed by atoms with Crippen molar-refractivity contribution in [1.29, 1.82) is 0 Å². The van der Waals surface area contributed by atoms with Crippen molar-refractivity contribution in [3.63, 3.8) is 0 Å². The van der Waals surface area contributed by atoms with Gasteiger partial charge in [-0.25, -0.2) is 9.59 Å². The van der Waals surface area contributed by atoms with Crippen LogP contribution in [0.1, 0.15) is 16.2 Å². The van der Waals surface area contributed by atoms with Crippen LogP contribution in [0.3, 0.4) is 0 Å². The van der Waals surface area contributed by atoms with Crippen molar-refractivity contribution < 1.29 is 44.1 Å². The Labute approximate surface area is 227 Å². The number of nitrogen functional groups attached to an aromatic ring is 1. The van der Waals surface area contributed by atoms with E-state index in [-0.39, 0.29) is 46.0 Å². The van der Waals surface area contributed by atoms with Gasteiger partial charge in [0.15, 0.2) is 16.6 Å². The first-order valence-corrected chi connectivity index (χ1v) is 12.7. The van der Waals surface area contributed by atoms with E-state index in [9.17, 15) is 34.5 Å². The number of aliphatic carboxylic acids is 1. The average molecular weight is 577 g/mol. The number of esters is 1. The van der Waals surface area contributed by atoms with Gasteiger partial charge in [-0.05, 0) is 29.8 Å². The molecule has 2 aliphatic rings. The number of nitrogens with two attached hydrogens (primary N) is 1. The van der Waals surface area contributed by atoms with Gasteiger partial charge in [-0.15, -0.1) is 11.8 Å². The monoisotopic (exact) mass is 576 g/mol. The highest BCUT2D eigenvalue weighted by atomic mass is 32.2. The van der Waals surface area contributed by atoms with E-state index in [1.54, 1.807) is 0 Å². The van der Waals surface area contributed by atoms with E-state index >= 15 is 0 Å². The standard InChI is InChI=1S/C22H20N6O9S2/c1-36-26-13(16-25-22(23)39-27-16)17(31)24-14-18(32)28-15(20(33)34)10(8-38-19(14)28)3-2-6-37-21(35)9-4-5-11(29)12(30)7-9/h2-5,7,14,19,29-30H,6,8H2,1H3,(H,24,31)(H,33,34)(H2,23,25,27)/t14?,19-/m0/s1. The van der Waals surface area contributed by atoms with Crippen LogP contribution in [0.15, 0.2) is 46.8 Å². The van der Waals surface area contributed by atoms with E-state index in [2.05, 4.69) is 24.7 Å². The summed E-state index contributed by atoms with van der Waals surface area (Å²) in [7, 11) is 1.22. The molecule has 15 nitrogen and oxygen atoms in total. The lowest BCUT2D eigenvalue weighted by Crippen LogP contribution is -2.71. The van der Waals surface area contributed by atoms with Crippen molar-refractivity contribution in [1.82, 2.24) is 19.6 Å². The molecule has 0 aliphatic carbocycles. The first-order chi connectivity index (χ1) is 18.6. The predicted molar refractivity (Wildman–Crippen MR) is 137 cm³/mol. The van der Waals surface area contributed by atoms with Crippen molar-refractivity contribution in [3.8, 4) is 11.5 Å². The first kappa shape index (κ1) is 27.4. The number of carboxylic acid groups (broad SMARTS) is 1. The fourth-order valence-corrected chi connectivity index (χ4v) is 5.39. The number of phenols is 2. The molecule has 1 saturated heterocycles. The van der Waals surface area contributed by atoms with Crippen LogP contribution in [-0.4, -0.2) is 89.9 Å². The maximum atomic E-state index is 12.9. The van der Waals surface area contributed by atoms with E-state index < -0.39 is 40.9 Å². The molecule has 3 heterocycles. The number of oxime groups is 1. The molecule has 0 spiro atoms. The maximum Gasteiger partial charge on any atom is 0.352 e. The number of hydrogen-bond acceptors (Lipinski definition) is 14. The number of nitrogens with one attached hydrogen (secondary N) is 1. The molecular formula is C22H20N6O9S2. The number of β-lactam (4-membered cyclic amide) rings is 1. The number of carboxylic acids is 1. The zero-order valence-electron chi connectivity index (χ0n) is 19.9. The number of fused-ring (bicyclic) bond motifs is 1. The van der Waals surface area contributed by atoms with Gasteiger partial charge in [-0.3, -0.25) is 14.5 Å². The molecule has 0 bridgehead atoms. The van der Waals surface area contributed by atoms with Gasteiger partial charge in [0.05, 0.1) is 5.56 Å². The van der Waals surface area contributed by atoms with Gasteiger partial charge in [0.25, 0.3) is 11.8 Å². The normalized spacial score (nSPS) is 18.9. The van der Waals surface area contributed by atoms with Gasteiger partial charge in [0.2, 0.25) is 11.5 Å². The van der Waals surface area contributed by atoms with Gasteiger partial charge in [-0.1, -0.05) is 11.2 Å². The average Bonchev–Trinajstić information content (AvgIpc) is 3.34. The molecule has 204 valence electrons. The van der Waals surface area contributed by atoms with Crippen molar-refractivity contribution in [2.45, 2.75) is 11.4 Å². The summed E-state index contributed by atoms with van der Waals surface area (Å²) in [4.78, 5) is 59.4. The third-order valence-electron chi connectivity index (χ3n) is 5.38. The molecule has 0 radical (unpaired) electrons. The highest BCUT2D eigenvalue weighted by Crippen LogP contribution is 2.40. The molecule has 2 aliphatic heterocycles. The number of nitrogens with zero attached hydrogens (tertiary/aromatic N) is 4. The van der Waals surface area contributed by atoms with E-state index in [1.165, 1.54) is 37.1 Å². The summed E-state index contributed by atoms with van der Waals surface area (Å²) < 4.78 is 8.98. The Balaban J connectivity index is 1.42. The fraction of sp³-hybridized carbons (Fsp3) is 0.227. The van der Waals surface area contributed by atoms with Crippen LogP contribution in [0.25, 0.3) is 0 Å². The number of phenolic OH excluding ortho intramolecular Hbond substituents is 2. The minimum atomic E-state index is -1.35. The van der Waals surface area contributed by atoms with Gasteiger partial charge in [0, 0.05) is 17.3 Å². The summed E-state index contributed by atoms with van der Waals surface area (Å²) >= 11 is 2.07. The van der Waals surface area contributed by atoms with Gasteiger partial charge < -0.3 is 35.9 Å². The second-order valence-electron chi connectivity index (χ2n) is 7.82. The number of allylic oxidation sites excluding steroid dienone is 1. The third-order valence-corrected chi connectivity index (χ3v) is 7.22. The van der Waals surface area contributed by atoms with Gasteiger partial charge in [-0.2, -0.15) is 9.36 Å². The van der Waals surface area contributed by atoms with Crippen molar-refractivity contribution in [2.24, 2.45) is 5.16 Å². The Morgan fingerprint density at radius 1 is 1.31 bits per heavy atom. The zero-order valence-corrected chi connectivity index (χ0v) is 21.6. The van der Waals surface area contributed by atoms with Crippen LogP contribution in [0, 0.1) is 0 Å². The lowest BCUT2D eigenvalue weighted by molar-refractivity contribution is -0.150. The molecule has 17 heteroatoms. The molecule has 6 N–H and O–H groups in total. The number of carbonyl (C=O) groups excluding carboxylic acids is 3. The van der Waals surface area contributed by atoms with Crippen LogP contribution < -0.4 is 11.1 Å². The van der Waals surface area contributed by atoms with Crippen LogP contribution >= 0.6 is 23.3 Å². The number of aromatic hydroxyl groups is 2. The summed E-state index contributed by atoms with van der Waals surface area (Å²) in [6.07, 6.45) is 2.83. The van der Waals surface area contributed by atoms with E-state index in [0.717, 1.165) is 28.6 Å². The highest BCUT2D eigenvalue weighted by molar-refractivity contribution is 8.00. The number of ether oxygens (including phenoxy) is 1. The zero-order chi connectivity index (χ0) is 28.3. The molecule has 1 fully saturated rings. The van der Waals surface area contributed by atoms with E-state index in [4.69, 9.17) is 10.5 Å². The number of benzene rings is 1. The topological polar surface area (TPSA) is 227 Å². The Morgan fingerprint density at radius 2 is 2.08 bits per heavy atom. The van der Waals surface area contributed by atoms with Crippen LogP contribution in [0.5, 0.6) is 11.5 Å². The van der Waals surface area contributed by atoms with Gasteiger partial charge >= 0.3 is 11.9 Å². The minimum Gasteiger partial charge on any atom is -0.504 e. The second kappa shape index (κ2) is 11.4. The SMILES string of the molecule is CON=C(C(=O)NC1C(=O)N2C(C(=O)O)=C(C=CCOC(=O)c3ccc(O)c(O)c3)CS[C@@H]12)c1nsc(N)n1. The Hall–Kier alpha value is -4.64. The number of rotatable bonds is 9. The largest absolute Gasteiger partial charge is 0.504 e. The minimum absolute atomic E-state index is 0.00667. The summed E-state index contributed by atoms with van der Waals surface area (Å²) in [6.45, 7) is -0.228. The Kier molecular flexibility index (Phi) is 8.01.